The zero-order valence-electron chi connectivity index (χ0n) is 12.8. The summed E-state index contributed by atoms with van der Waals surface area (Å²) in [5.74, 6) is 0.116. The second kappa shape index (κ2) is 8.57. The van der Waals surface area contributed by atoms with Gasteiger partial charge in [0.15, 0.2) is 0 Å². The number of benzene rings is 2. The molecule has 0 aliphatic rings. The second-order valence-corrected chi connectivity index (χ2v) is 5.60. The van der Waals surface area contributed by atoms with Gasteiger partial charge in [-0.3, -0.25) is 4.79 Å². The van der Waals surface area contributed by atoms with Crippen LogP contribution in [0.2, 0.25) is 5.02 Å². The fourth-order valence-electron chi connectivity index (χ4n) is 2.17. The zero-order chi connectivity index (χ0) is 15.8. The molecule has 2 aromatic rings. The molecular formula is C18H21ClN2O. The van der Waals surface area contributed by atoms with E-state index in [0.29, 0.717) is 13.0 Å². The van der Waals surface area contributed by atoms with Crippen LogP contribution in [0.1, 0.15) is 12.0 Å². The molecule has 2 aromatic carbocycles. The largest absolute Gasteiger partial charge is 0.316 e. The van der Waals surface area contributed by atoms with Crippen LogP contribution in [-0.4, -0.2) is 26.0 Å². The number of hydrogen-bond donors (Lipinski definition) is 1. The van der Waals surface area contributed by atoms with Crippen LogP contribution in [0.5, 0.6) is 0 Å². The maximum Gasteiger partial charge on any atom is 0.227 e. The summed E-state index contributed by atoms with van der Waals surface area (Å²) in [5.41, 5.74) is 2.17. The number of amides is 1. The van der Waals surface area contributed by atoms with Crippen molar-refractivity contribution >= 4 is 23.2 Å². The van der Waals surface area contributed by atoms with E-state index in [2.05, 4.69) is 5.32 Å². The number of nitrogens with zero attached hydrogens (tertiary/aromatic N) is 1. The first-order valence-electron chi connectivity index (χ1n) is 7.43. The third-order valence-electron chi connectivity index (χ3n) is 3.54. The summed E-state index contributed by atoms with van der Waals surface area (Å²) in [6.45, 7) is 1.54. The minimum atomic E-state index is 0.116. The lowest BCUT2D eigenvalue weighted by Gasteiger charge is -2.17. The van der Waals surface area contributed by atoms with Gasteiger partial charge in [-0.15, -0.1) is 0 Å². The number of halogens is 1. The minimum Gasteiger partial charge on any atom is -0.316 e. The summed E-state index contributed by atoms with van der Waals surface area (Å²) in [7, 11) is 1.81. The molecule has 0 aliphatic heterocycles. The molecule has 0 unspecified atom stereocenters. The molecule has 3 nitrogen and oxygen atoms in total. The Morgan fingerprint density at radius 3 is 2.41 bits per heavy atom. The number of hydrogen-bond acceptors (Lipinski definition) is 2. The van der Waals surface area contributed by atoms with Crippen LogP contribution in [0.25, 0.3) is 0 Å². The maximum absolute atomic E-state index is 12.1. The van der Waals surface area contributed by atoms with Crippen molar-refractivity contribution in [2.45, 2.75) is 12.8 Å². The van der Waals surface area contributed by atoms with Crippen molar-refractivity contribution in [3.63, 3.8) is 0 Å². The summed E-state index contributed by atoms with van der Waals surface area (Å²) in [5, 5.41) is 4.06. The lowest BCUT2D eigenvalue weighted by atomic mass is 10.1. The molecule has 1 amide bonds. The van der Waals surface area contributed by atoms with Crippen LogP contribution in [0.15, 0.2) is 54.6 Å². The van der Waals surface area contributed by atoms with Crippen LogP contribution < -0.4 is 10.2 Å². The lowest BCUT2D eigenvalue weighted by Crippen LogP contribution is -2.30. The quantitative estimate of drug-likeness (QED) is 0.793. The van der Waals surface area contributed by atoms with E-state index < -0.39 is 0 Å². The smallest absolute Gasteiger partial charge is 0.227 e. The highest BCUT2D eigenvalue weighted by Crippen LogP contribution is 2.12. The van der Waals surface area contributed by atoms with E-state index >= 15 is 0 Å². The summed E-state index contributed by atoms with van der Waals surface area (Å²) in [4.78, 5) is 13.8. The molecule has 0 atom stereocenters. The highest BCUT2D eigenvalue weighted by atomic mass is 35.5. The third kappa shape index (κ3) is 5.17. The van der Waals surface area contributed by atoms with Crippen LogP contribution in [0.3, 0.4) is 0 Å². The fourth-order valence-corrected chi connectivity index (χ4v) is 2.29. The number of rotatable bonds is 7. The molecule has 0 saturated carbocycles. The van der Waals surface area contributed by atoms with Crippen LogP contribution >= 0.6 is 11.6 Å². The van der Waals surface area contributed by atoms with Gasteiger partial charge in [0.05, 0.1) is 0 Å². The third-order valence-corrected chi connectivity index (χ3v) is 3.79. The van der Waals surface area contributed by atoms with E-state index in [9.17, 15) is 4.79 Å². The molecule has 0 aliphatic carbocycles. The van der Waals surface area contributed by atoms with Crippen molar-refractivity contribution in [3.8, 4) is 0 Å². The Labute approximate surface area is 136 Å². The van der Waals surface area contributed by atoms with E-state index in [0.717, 1.165) is 23.7 Å². The molecule has 0 heterocycles. The van der Waals surface area contributed by atoms with Crippen molar-refractivity contribution in [2.75, 3.05) is 25.0 Å². The first kappa shape index (κ1) is 16.5. The monoisotopic (exact) mass is 316 g/mol. The Morgan fingerprint density at radius 2 is 1.73 bits per heavy atom. The van der Waals surface area contributed by atoms with Gasteiger partial charge in [0.25, 0.3) is 0 Å². The molecule has 22 heavy (non-hydrogen) atoms. The predicted molar refractivity (Wildman–Crippen MR) is 92.5 cm³/mol. The molecule has 0 aromatic heterocycles. The summed E-state index contributed by atoms with van der Waals surface area (Å²) >= 11 is 5.85. The van der Waals surface area contributed by atoms with Gasteiger partial charge in [-0.2, -0.15) is 0 Å². The second-order valence-electron chi connectivity index (χ2n) is 5.16. The SMILES string of the molecule is CN(C(=O)CCNCCc1ccc(Cl)cc1)c1ccccc1. The zero-order valence-corrected chi connectivity index (χ0v) is 13.5. The summed E-state index contributed by atoms with van der Waals surface area (Å²) in [6.07, 6.45) is 1.42. The molecule has 0 saturated heterocycles. The van der Waals surface area contributed by atoms with E-state index in [-0.39, 0.29) is 5.91 Å². The van der Waals surface area contributed by atoms with Crippen molar-refractivity contribution in [3.05, 3.63) is 65.2 Å². The predicted octanol–water partition coefficient (Wildman–Crippen LogP) is 3.53. The Morgan fingerprint density at radius 1 is 1.05 bits per heavy atom. The molecule has 2 rings (SSSR count). The molecule has 4 heteroatoms. The van der Waals surface area contributed by atoms with Gasteiger partial charge >= 0.3 is 0 Å². The first-order valence-corrected chi connectivity index (χ1v) is 7.81. The van der Waals surface area contributed by atoms with Crippen LogP contribution in [-0.2, 0) is 11.2 Å². The molecule has 0 bridgehead atoms. The Bertz CT molecular complexity index is 584. The van der Waals surface area contributed by atoms with Gasteiger partial charge in [0.1, 0.15) is 0 Å². The van der Waals surface area contributed by atoms with Crippen molar-refractivity contribution < 1.29 is 4.79 Å². The average Bonchev–Trinajstić information content (AvgIpc) is 2.56. The maximum atomic E-state index is 12.1. The van der Waals surface area contributed by atoms with Gasteiger partial charge < -0.3 is 10.2 Å². The van der Waals surface area contributed by atoms with Gasteiger partial charge in [-0.1, -0.05) is 41.9 Å². The Kier molecular flexibility index (Phi) is 6.44. The Hall–Kier alpha value is -1.84. The fraction of sp³-hybridized carbons (Fsp3) is 0.278. The number of para-hydroxylation sites is 1. The van der Waals surface area contributed by atoms with Crippen LogP contribution in [0, 0.1) is 0 Å². The standard InChI is InChI=1S/C18H21ClN2O/c1-21(17-5-3-2-4-6-17)18(22)12-14-20-13-11-15-7-9-16(19)10-8-15/h2-10,20H,11-14H2,1H3. The lowest BCUT2D eigenvalue weighted by molar-refractivity contribution is -0.118. The van der Waals surface area contributed by atoms with E-state index in [4.69, 9.17) is 11.6 Å². The van der Waals surface area contributed by atoms with Crippen molar-refractivity contribution in [1.29, 1.82) is 0 Å². The molecule has 0 spiro atoms. The number of carbonyl (C=O) groups excluding carboxylic acids is 1. The molecule has 1 N–H and O–H groups in total. The number of carbonyl (C=O) groups is 1. The Balaban J connectivity index is 1.66. The van der Waals surface area contributed by atoms with E-state index in [1.807, 2.05) is 61.6 Å². The van der Waals surface area contributed by atoms with Gasteiger partial charge in [0, 0.05) is 30.7 Å². The first-order chi connectivity index (χ1) is 10.7. The highest BCUT2D eigenvalue weighted by Gasteiger charge is 2.09. The summed E-state index contributed by atoms with van der Waals surface area (Å²) in [6, 6.07) is 17.5. The highest BCUT2D eigenvalue weighted by molar-refractivity contribution is 6.30. The van der Waals surface area contributed by atoms with Crippen molar-refractivity contribution in [1.82, 2.24) is 5.32 Å². The number of anilines is 1. The van der Waals surface area contributed by atoms with E-state index in [1.54, 1.807) is 4.90 Å². The van der Waals surface area contributed by atoms with Crippen molar-refractivity contribution in [2.24, 2.45) is 0 Å². The van der Waals surface area contributed by atoms with Gasteiger partial charge in [-0.05, 0) is 42.8 Å². The minimum absolute atomic E-state index is 0.116. The van der Waals surface area contributed by atoms with Gasteiger partial charge in [0.2, 0.25) is 5.91 Å². The molecule has 116 valence electrons. The summed E-state index contributed by atoms with van der Waals surface area (Å²) < 4.78 is 0. The van der Waals surface area contributed by atoms with Crippen LogP contribution in [0.4, 0.5) is 5.69 Å². The number of nitrogens with one attached hydrogen (secondary N) is 1. The molecule has 0 fully saturated rings. The molecular weight excluding hydrogens is 296 g/mol. The van der Waals surface area contributed by atoms with Gasteiger partial charge in [-0.25, -0.2) is 0 Å². The topological polar surface area (TPSA) is 32.3 Å². The normalized spacial score (nSPS) is 10.5. The average molecular weight is 317 g/mol. The molecule has 0 radical (unpaired) electrons. The van der Waals surface area contributed by atoms with E-state index in [1.165, 1.54) is 5.56 Å².